The molecule has 3 nitrogen and oxygen atoms in total. The minimum absolute atomic E-state index is 0.149. The fourth-order valence-electron chi connectivity index (χ4n) is 0.388. The summed E-state index contributed by atoms with van der Waals surface area (Å²) in [7, 11) is 1.07. The largest absolute Gasteiger partial charge is 0.435 e. The Balaban J connectivity index is 3.84. The monoisotopic (exact) mass is 210 g/mol. The van der Waals surface area contributed by atoms with E-state index in [0.717, 1.165) is 10.8 Å². The third kappa shape index (κ3) is 4.90. The third-order valence-electron chi connectivity index (χ3n) is 1.17. The molecule has 0 amide bonds. The Labute approximate surface area is 81.7 Å². The van der Waals surface area contributed by atoms with Crippen LogP contribution in [0.4, 0.5) is 0 Å². The lowest BCUT2D eigenvalue weighted by atomic mass is 9.96. The van der Waals surface area contributed by atoms with Gasteiger partial charge in [0, 0.05) is 5.41 Å². The first kappa shape index (κ1) is 12.1. The number of rotatable bonds is 3. The Morgan fingerprint density at radius 2 is 2.17 bits per heavy atom. The van der Waals surface area contributed by atoms with E-state index in [4.69, 9.17) is 4.74 Å². The van der Waals surface area contributed by atoms with Crippen molar-refractivity contribution in [3.63, 3.8) is 0 Å². The van der Waals surface area contributed by atoms with Crippen LogP contribution in [-0.4, -0.2) is 23.1 Å². The normalized spacial score (nSPS) is 14.1. The lowest BCUT2D eigenvalue weighted by Gasteiger charge is -2.24. The second-order valence-corrected chi connectivity index (χ2v) is 4.80. The van der Waals surface area contributed by atoms with Crippen molar-refractivity contribution in [3.05, 3.63) is 0 Å². The maximum absolute atomic E-state index is 10.8. The maximum atomic E-state index is 10.8. The Bertz CT molecular complexity index is 153. The van der Waals surface area contributed by atoms with Gasteiger partial charge in [-0.15, -0.1) is 11.7 Å². The zero-order valence-electron chi connectivity index (χ0n) is 7.40. The molecule has 0 radical (unpaired) electrons. The third-order valence-corrected chi connectivity index (χ3v) is 1.92. The van der Waals surface area contributed by atoms with Gasteiger partial charge in [-0.25, -0.2) is 0 Å². The fraction of sp³-hybridized carbons (Fsp3) is 0.857. The summed E-state index contributed by atoms with van der Waals surface area (Å²) in [5.74, 6) is -0.298. The fourth-order valence-corrected chi connectivity index (χ4v) is 0.878. The van der Waals surface area contributed by atoms with Crippen LogP contribution < -0.4 is 0 Å². The first-order chi connectivity index (χ1) is 5.38. The lowest BCUT2D eigenvalue weighted by Crippen LogP contribution is -2.31. The number of thiol groups is 1. The number of carbonyl (C=O) groups excluding carboxylic acids is 1. The van der Waals surface area contributed by atoms with Gasteiger partial charge in [0.05, 0.1) is 0 Å². The van der Waals surface area contributed by atoms with Gasteiger partial charge in [-0.05, 0) is 0 Å². The van der Waals surface area contributed by atoms with Crippen molar-refractivity contribution in [3.8, 4) is 0 Å². The molecule has 0 saturated heterocycles. The van der Waals surface area contributed by atoms with Crippen molar-refractivity contribution in [2.45, 2.75) is 27.1 Å². The highest BCUT2D eigenvalue weighted by atomic mass is 33.1. The Kier molecular flexibility index (Phi) is 5.04. The van der Waals surface area contributed by atoms with Gasteiger partial charge in [0.1, 0.15) is 5.75 Å². The molecule has 0 aromatic heterocycles. The molecular weight excluding hydrogens is 196 g/mol. The predicted molar refractivity (Wildman–Crippen MR) is 53.0 cm³/mol. The van der Waals surface area contributed by atoms with Crippen LogP contribution in [0.2, 0.25) is 0 Å². The molecule has 0 bridgehead atoms. The summed E-state index contributed by atoms with van der Waals surface area (Å²) in [6.45, 7) is 5.37. The van der Waals surface area contributed by atoms with E-state index in [0.29, 0.717) is 0 Å². The van der Waals surface area contributed by atoms with Gasteiger partial charge >= 0.3 is 5.97 Å². The molecule has 72 valence electrons. The highest BCUT2D eigenvalue weighted by Crippen LogP contribution is 2.20. The molecule has 0 aliphatic rings. The molecule has 5 heteroatoms. The number of ether oxygens (including phenoxy) is 1. The van der Waals surface area contributed by atoms with Crippen molar-refractivity contribution in [1.82, 2.24) is 0 Å². The molecule has 0 aromatic carbocycles. The average molecular weight is 210 g/mol. The van der Waals surface area contributed by atoms with Crippen LogP contribution in [-0.2, 0) is 9.53 Å². The van der Waals surface area contributed by atoms with Crippen LogP contribution >= 0.6 is 22.5 Å². The maximum Gasteiger partial charge on any atom is 0.319 e. The number of esters is 1. The molecular formula is C7H14O3S2. The van der Waals surface area contributed by atoms with Gasteiger partial charge in [0.25, 0.3) is 0 Å². The van der Waals surface area contributed by atoms with Crippen LogP contribution in [0.25, 0.3) is 0 Å². The van der Waals surface area contributed by atoms with Gasteiger partial charge in [-0.2, -0.15) is 0 Å². The van der Waals surface area contributed by atoms with Crippen molar-refractivity contribution in [2.75, 3.05) is 5.75 Å². The highest BCUT2D eigenvalue weighted by molar-refractivity contribution is 8.68. The van der Waals surface area contributed by atoms with E-state index in [-0.39, 0.29) is 5.75 Å². The van der Waals surface area contributed by atoms with Crippen molar-refractivity contribution in [1.29, 1.82) is 0 Å². The zero-order chi connectivity index (χ0) is 9.78. The van der Waals surface area contributed by atoms with Crippen molar-refractivity contribution < 1.29 is 14.6 Å². The zero-order valence-corrected chi connectivity index (χ0v) is 9.11. The second kappa shape index (κ2) is 4.99. The van der Waals surface area contributed by atoms with Crippen LogP contribution in [0.5, 0.6) is 0 Å². The standard InChI is InChI=1S/C7H14O3S2/c1-7(2,3)6(9)10-5(8)4-12-11/h6,9,11H,4H2,1-3H3. The molecule has 0 heterocycles. The summed E-state index contributed by atoms with van der Waals surface area (Å²) < 4.78 is 4.70. The van der Waals surface area contributed by atoms with Crippen molar-refractivity contribution >= 4 is 28.4 Å². The van der Waals surface area contributed by atoms with Gasteiger partial charge in [0.15, 0.2) is 0 Å². The molecule has 1 atom stereocenters. The summed E-state index contributed by atoms with van der Waals surface area (Å²) in [5, 5.41) is 9.31. The Morgan fingerprint density at radius 1 is 1.67 bits per heavy atom. The molecule has 1 unspecified atom stereocenters. The molecule has 0 aromatic rings. The second-order valence-electron chi connectivity index (χ2n) is 3.48. The summed E-state index contributed by atoms with van der Waals surface area (Å²) in [6.07, 6.45) is -1.05. The van der Waals surface area contributed by atoms with E-state index in [2.05, 4.69) is 11.7 Å². The topological polar surface area (TPSA) is 46.5 Å². The molecule has 0 aliphatic carbocycles. The summed E-state index contributed by atoms with van der Waals surface area (Å²) >= 11 is 3.79. The van der Waals surface area contributed by atoms with E-state index in [1.54, 1.807) is 20.8 Å². The van der Waals surface area contributed by atoms with E-state index in [1.165, 1.54) is 0 Å². The van der Waals surface area contributed by atoms with E-state index < -0.39 is 17.7 Å². The van der Waals surface area contributed by atoms with Gasteiger partial charge in [-0.3, -0.25) is 4.79 Å². The molecule has 0 aliphatic heterocycles. The van der Waals surface area contributed by atoms with Gasteiger partial charge in [-0.1, -0.05) is 31.6 Å². The van der Waals surface area contributed by atoms with Crippen LogP contribution in [0, 0.1) is 5.41 Å². The predicted octanol–water partition coefficient (Wildman–Crippen LogP) is 1.47. The highest BCUT2D eigenvalue weighted by Gasteiger charge is 2.25. The summed E-state index contributed by atoms with van der Waals surface area (Å²) in [6, 6.07) is 0. The van der Waals surface area contributed by atoms with Gasteiger partial charge in [0.2, 0.25) is 6.29 Å². The number of carbonyl (C=O) groups is 1. The Hall–Kier alpha value is 0.130. The van der Waals surface area contributed by atoms with Crippen LogP contribution in [0.3, 0.4) is 0 Å². The quantitative estimate of drug-likeness (QED) is 0.320. The van der Waals surface area contributed by atoms with Gasteiger partial charge < -0.3 is 9.84 Å². The molecule has 0 rings (SSSR count). The SMILES string of the molecule is CC(C)(C)C(O)OC(=O)CSS. The molecule has 12 heavy (non-hydrogen) atoms. The molecule has 0 fully saturated rings. The van der Waals surface area contributed by atoms with Crippen LogP contribution in [0.15, 0.2) is 0 Å². The molecule has 0 saturated carbocycles. The number of aliphatic hydroxyl groups excluding tert-OH is 1. The summed E-state index contributed by atoms with van der Waals surface area (Å²) in [5.41, 5.74) is -0.434. The minimum atomic E-state index is -1.05. The molecule has 1 N–H and O–H groups in total. The van der Waals surface area contributed by atoms with E-state index in [9.17, 15) is 9.90 Å². The minimum Gasteiger partial charge on any atom is -0.435 e. The average Bonchev–Trinajstić information content (AvgIpc) is 1.85. The number of hydrogen-bond donors (Lipinski definition) is 2. The number of aliphatic hydroxyl groups is 1. The molecule has 0 spiro atoms. The smallest absolute Gasteiger partial charge is 0.319 e. The van der Waals surface area contributed by atoms with Crippen LogP contribution in [0.1, 0.15) is 20.8 Å². The Morgan fingerprint density at radius 3 is 2.50 bits per heavy atom. The first-order valence-electron chi connectivity index (χ1n) is 3.52. The number of hydrogen-bond acceptors (Lipinski definition) is 5. The van der Waals surface area contributed by atoms with Crippen molar-refractivity contribution in [2.24, 2.45) is 5.41 Å². The first-order valence-corrected chi connectivity index (χ1v) is 5.55. The summed E-state index contributed by atoms with van der Waals surface area (Å²) in [4.78, 5) is 10.8. The van der Waals surface area contributed by atoms with E-state index >= 15 is 0 Å². The van der Waals surface area contributed by atoms with E-state index in [1.807, 2.05) is 0 Å². The lowest BCUT2D eigenvalue weighted by molar-refractivity contribution is -0.183.